The van der Waals surface area contributed by atoms with Crippen molar-refractivity contribution in [2.45, 2.75) is 6.92 Å². The van der Waals surface area contributed by atoms with Crippen molar-refractivity contribution in [1.82, 2.24) is 9.55 Å². The number of fused-ring (bicyclic) bond motifs is 1. The summed E-state index contributed by atoms with van der Waals surface area (Å²) in [7, 11) is 2.10. The second-order valence-electron chi connectivity index (χ2n) is 6.33. The van der Waals surface area contributed by atoms with Gasteiger partial charge in [-0.15, -0.1) is 0 Å². The number of hydrogen-bond acceptors (Lipinski definition) is 4. The van der Waals surface area contributed by atoms with Gasteiger partial charge in [-0.25, -0.2) is 4.98 Å². The molecule has 4 rings (SSSR count). The second-order valence-corrected chi connectivity index (χ2v) is 6.33. The summed E-state index contributed by atoms with van der Waals surface area (Å²) in [5, 5.41) is 0. The Bertz CT molecular complexity index is 865. The largest absolute Gasteiger partial charge is 0.492 e. The molecule has 1 aromatic heterocycles. The SMILES string of the molecule is CCOc1ccccc1N1CCN(c2nc3ccccc3n2C)CC1. The van der Waals surface area contributed by atoms with E-state index < -0.39 is 0 Å². The highest BCUT2D eigenvalue weighted by Gasteiger charge is 2.22. The molecule has 1 aliphatic heterocycles. The number of nitrogens with zero attached hydrogens (tertiary/aromatic N) is 4. The molecule has 0 bridgehead atoms. The summed E-state index contributed by atoms with van der Waals surface area (Å²) < 4.78 is 7.98. The maximum absolute atomic E-state index is 5.79. The van der Waals surface area contributed by atoms with Crippen LogP contribution < -0.4 is 14.5 Å². The van der Waals surface area contributed by atoms with Crippen molar-refractivity contribution in [3.8, 4) is 5.75 Å². The van der Waals surface area contributed by atoms with Crippen molar-refractivity contribution in [3.05, 3.63) is 48.5 Å². The predicted octanol–water partition coefficient (Wildman–Crippen LogP) is 3.30. The second kappa shape index (κ2) is 6.67. The van der Waals surface area contributed by atoms with Gasteiger partial charge in [-0.3, -0.25) is 0 Å². The van der Waals surface area contributed by atoms with Gasteiger partial charge in [0.1, 0.15) is 5.75 Å². The Hall–Kier alpha value is -2.69. The molecule has 0 aliphatic carbocycles. The maximum atomic E-state index is 5.79. The van der Waals surface area contributed by atoms with Crippen LogP contribution >= 0.6 is 0 Å². The first-order valence-corrected chi connectivity index (χ1v) is 8.91. The van der Waals surface area contributed by atoms with E-state index in [2.05, 4.69) is 57.8 Å². The molecule has 3 aromatic rings. The number of anilines is 2. The predicted molar refractivity (Wildman–Crippen MR) is 103 cm³/mol. The van der Waals surface area contributed by atoms with E-state index in [-0.39, 0.29) is 0 Å². The Kier molecular flexibility index (Phi) is 4.22. The quantitative estimate of drug-likeness (QED) is 0.732. The highest BCUT2D eigenvalue weighted by molar-refractivity contribution is 5.78. The number of rotatable bonds is 4. The summed E-state index contributed by atoms with van der Waals surface area (Å²) in [6.07, 6.45) is 0. The third-order valence-electron chi connectivity index (χ3n) is 4.83. The lowest BCUT2D eigenvalue weighted by molar-refractivity contribution is 0.340. The molecule has 5 nitrogen and oxygen atoms in total. The van der Waals surface area contributed by atoms with E-state index >= 15 is 0 Å². The minimum atomic E-state index is 0.691. The summed E-state index contributed by atoms with van der Waals surface area (Å²) >= 11 is 0. The molecular weight excluding hydrogens is 312 g/mol. The van der Waals surface area contributed by atoms with Crippen molar-refractivity contribution in [1.29, 1.82) is 0 Å². The molecule has 0 N–H and O–H groups in total. The normalized spacial score (nSPS) is 15.0. The molecule has 0 amide bonds. The Morgan fingerprint density at radius 1 is 0.920 bits per heavy atom. The number of imidazole rings is 1. The van der Waals surface area contributed by atoms with Crippen LogP contribution in [0.2, 0.25) is 0 Å². The third-order valence-corrected chi connectivity index (χ3v) is 4.83. The molecular formula is C20H24N4O. The van der Waals surface area contributed by atoms with E-state index in [4.69, 9.17) is 9.72 Å². The first-order chi connectivity index (χ1) is 12.3. The van der Waals surface area contributed by atoms with Crippen LogP contribution in [-0.2, 0) is 7.05 Å². The average Bonchev–Trinajstić information content (AvgIpc) is 3.00. The average molecular weight is 336 g/mol. The summed E-state index contributed by atoms with van der Waals surface area (Å²) in [6, 6.07) is 16.6. The minimum Gasteiger partial charge on any atom is -0.492 e. The van der Waals surface area contributed by atoms with E-state index in [1.54, 1.807) is 0 Å². The lowest BCUT2D eigenvalue weighted by Crippen LogP contribution is -2.47. The Morgan fingerprint density at radius 3 is 2.36 bits per heavy atom. The minimum absolute atomic E-state index is 0.691. The van der Waals surface area contributed by atoms with Crippen LogP contribution in [0.3, 0.4) is 0 Å². The van der Waals surface area contributed by atoms with Crippen molar-refractivity contribution in [2.24, 2.45) is 7.05 Å². The van der Waals surface area contributed by atoms with E-state index in [0.29, 0.717) is 6.61 Å². The molecule has 0 spiro atoms. The number of ether oxygens (including phenoxy) is 1. The third kappa shape index (κ3) is 2.90. The molecule has 1 fully saturated rings. The monoisotopic (exact) mass is 336 g/mol. The van der Waals surface area contributed by atoms with Gasteiger partial charge in [-0.2, -0.15) is 0 Å². The van der Waals surface area contributed by atoms with Crippen molar-refractivity contribution < 1.29 is 4.74 Å². The zero-order chi connectivity index (χ0) is 17.2. The lowest BCUT2D eigenvalue weighted by atomic mass is 10.2. The topological polar surface area (TPSA) is 33.5 Å². The van der Waals surface area contributed by atoms with Crippen molar-refractivity contribution >= 4 is 22.7 Å². The highest BCUT2D eigenvalue weighted by Crippen LogP contribution is 2.30. The number of aryl methyl sites for hydroxylation is 1. The number of benzene rings is 2. The van der Waals surface area contributed by atoms with Crippen LogP contribution in [0, 0.1) is 0 Å². The Labute approximate surface area is 148 Å². The summed E-state index contributed by atoms with van der Waals surface area (Å²) in [6.45, 7) is 6.56. The van der Waals surface area contributed by atoms with Gasteiger partial charge in [-0.1, -0.05) is 24.3 Å². The molecule has 1 saturated heterocycles. The fourth-order valence-electron chi connectivity index (χ4n) is 3.56. The van der Waals surface area contributed by atoms with E-state index in [1.807, 2.05) is 19.1 Å². The Balaban J connectivity index is 1.52. The maximum Gasteiger partial charge on any atom is 0.206 e. The highest BCUT2D eigenvalue weighted by atomic mass is 16.5. The van der Waals surface area contributed by atoms with Crippen LogP contribution in [0.4, 0.5) is 11.6 Å². The lowest BCUT2D eigenvalue weighted by Gasteiger charge is -2.37. The van der Waals surface area contributed by atoms with Gasteiger partial charge >= 0.3 is 0 Å². The zero-order valence-electron chi connectivity index (χ0n) is 14.9. The van der Waals surface area contributed by atoms with Crippen molar-refractivity contribution in [2.75, 3.05) is 42.6 Å². The van der Waals surface area contributed by atoms with Gasteiger partial charge in [0.05, 0.1) is 23.3 Å². The van der Waals surface area contributed by atoms with Gasteiger partial charge in [0.25, 0.3) is 0 Å². The molecule has 0 unspecified atom stereocenters. The van der Waals surface area contributed by atoms with Gasteiger partial charge in [-0.05, 0) is 31.2 Å². The molecule has 2 heterocycles. The molecule has 5 heteroatoms. The summed E-state index contributed by atoms with van der Waals surface area (Å²) in [4.78, 5) is 9.61. The first-order valence-electron chi connectivity index (χ1n) is 8.91. The first kappa shape index (κ1) is 15.8. The van der Waals surface area contributed by atoms with E-state index in [1.165, 1.54) is 11.2 Å². The molecule has 0 radical (unpaired) electrons. The standard InChI is InChI=1S/C20H24N4O/c1-3-25-19-11-7-6-10-18(19)23-12-14-24(15-13-23)20-21-16-8-4-5-9-17(16)22(20)2/h4-11H,3,12-15H2,1-2H3. The smallest absolute Gasteiger partial charge is 0.206 e. The summed E-state index contributed by atoms with van der Waals surface area (Å²) in [5.74, 6) is 2.03. The van der Waals surface area contributed by atoms with Crippen LogP contribution in [0.5, 0.6) is 5.75 Å². The van der Waals surface area contributed by atoms with Crippen molar-refractivity contribution in [3.63, 3.8) is 0 Å². The van der Waals surface area contributed by atoms with Crippen LogP contribution in [0.1, 0.15) is 6.92 Å². The molecule has 25 heavy (non-hydrogen) atoms. The molecule has 2 aromatic carbocycles. The van der Waals surface area contributed by atoms with Gasteiger partial charge < -0.3 is 19.1 Å². The van der Waals surface area contributed by atoms with E-state index in [0.717, 1.165) is 43.4 Å². The van der Waals surface area contributed by atoms with Gasteiger partial charge in [0.15, 0.2) is 0 Å². The summed E-state index contributed by atoms with van der Waals surface area (Å²) in [5.41, 5.74) is 3.43. The van der Waals surface area contributed by atoms with E-state index in [9.17, 15) is 0 Å². The molecule has 0 atom stereocenters. The molecule has 1 aliphatic rings. The molecule has 0 saturated carbocycles. The number of hydrogen-bond donors (Lipinski definition) is 0. The fourth-order valence-corrected chi connectivity index (χ4v) is 3.56. The van der Waals surface area contributed by atoms with Crippen LogP contribution in [-0.4, -0.2) is 42.3 Å². The zero-order valence-corrected chi connectivity index (χ0v) is 14.9. The fraction of sp³-hybridized carbons (Fsp3) is 0.350. The number of aromatic nitrogens is 2. The van der Waals surface area contributed by atoms with Crippen LogP contribution in [0.25, 0.3) is 11.0 Å². The van der Waals surface area contributed by atoms with Crippen LogP contribution in [0.15, 0.2) is 48.5 Å². The number of para-hydroxylation sites is 4. The van der Waals surface area contributed by atoms with Gasteiger partial charge in [0.2, 0.25) is 5.95 Å². The number of piperazine rings is 1. The van der Waals surface area contributed by atoms with Gasteiger partial charge in [0, 0.05) is 33.2 Å². The molecule has 130 valence electrons. The Morgan fingerprint density at radius 2 is 1.60 bits per heavy atom.